The summed E-state index contributed by atoms with van der Waals surface area (Å²) in [5, 5.41) is 15.7. The van der Waals surface area contributed by atoms with Gasteiger partial charge in [0.2, 0.25) is 5.91 Å². The number of benzene rings is 1. The van der Waals surface area contributed by atoms with Gasteiger partial charge in [-0.05, 0) is 44.5 Å². The van der Waals surface area contributed by atoms with Crippen molar-refractivity contribution in [2.45, 2.75) is 33.1 Å². The number of nitrogens with zero attached hydrogens (tertiary/aromatic N) is 2. The van der Waals surface area contributed by atoms with E-state index in [1.165, 1.54) is 0 Å². The molecule has 1 aromatic carbocycles. The second kappa shape index (κ2) is 8.32. The lowest BCUT2D eigenvalue weighted by molar-refractivity contribution is -0.137. The van der Waals surface area contributed by atoms with Gasteiger partial charge >= 0.3 is 5.97 Å². The van der Waals surface area contributed by atoms with Crippen molar-refractivity contribution in [3.63, 3.8) is 0 Å². The second-order valence-corrected chi connectivity index (χ2v) is 5.87. The standard InChI is InChI=1S/C18H23N3O4/c1-12-16(13(2)21(3)20-12)11-17(22)19-14-6-8-15(9-7-14)25-10-4-5-18(23)24/h6-9H,4-5,10-11H2,1-3H3,(H,19,22)(H,23,24). The fourth-order valence-corrected chi connectivity index (χ4v) is 2.49. The average Bonchev–Trinajstić information content (AvgIpc) is 2.79. The molecule has 1 aromatic heterocycles. The summed E-state index contributed by atoms with van der Waals surface area (Å²) in [4.78, 5) is 22.7. The van der Waals surface area contributed by atoms with Crippen molar-refractivity contribution >= 4 is 17.6 Å². The maximum atomic E-state index is 12.2. The van der Waals surface area contributed by atoms with Crippen molar-refractivity contribution in [3.8, 4) is 5.75 Å². The Labute approximate surface area is 146 Å². The summed E-state index contributed by atoms with van der Waals surface area (Å²) in [6, 6.07) is 7.01. The van der Waals surface area contributed by atoms with Crippen LogP contribution in [0.3, 0.4) is 0 Å². The number of amides is 1. The Kier molecular flexibility index (Phi) is 6.16. The number of carbonyl (C=O) groups excluding carboxylic acids is 1. The summed E-state index contributed by atoms with van der Waals surface area (Å²) < 4.78 is 7.23. The normalized spacial score (nSPS) is 10.5. The molecule has 0 unspecified atom stereocenters. The van der Waals surface area contributed by atoms with E-state index in [0.717, 1.165) is 17.0 Å². The Bertz CT molecular complexity index is 750. The van der Waals surface area contributed by atoms with E-state index in [4.69, 9.17) is 9.84 Å². The van der Waals surface area contributed by atoms with E-state index in [1.807, 2.05) is 20.9 Å². The van der Waals surface area contributed by atoms with E-state index < -0.39 is 5.97 Å². The molecule has 2 rings (SSSR count). The molecule has 0 aliphatic carbocycles. The first-order valence-corrected chi connectivity index (χ1v) is 8.10. The lowest BCUT2D eigenvalue weighted by atomic mass is 10.1. The zero-order valence-corrected chi connectivity index (χ0v) is 14.7. The molecule has 0 saturated heterocycles. The maximum Gasteiger partial charge on any atom is 0.303 e. The van der Waals surface area contributed by atoms with E-state index in [-0.39, 0.29) is 18.7 Å². The number of aryl methyl sites for hydroxylation is 2. The van der Waals surface area contributed by atoms with Gasteiger partial charge in [-0.2, -0.15) is 5.10 Å². The average molecular weight is 345 g/mol. The second-order valence-electron chi connectivity index (χ2n) is 5.87. The molecule has 0 radical (unpaired) electrons. The summed E-state index contributed by atoms with van der Waals surface area (Å²) >= 11 is 0. The summed E-state index contributed by atoms with van der Waals surface area (Å²) in [5.74, 6) is -0.294. The SMILES string of the molecule is Cc1nn(C)c(C)c1CC(=O)Nc1ccc(OCCCC(=O)O)cc1. The quantitative estimate of drug-likeness (QED) is 0.717. The highest BCUT2D eigenvalue weighted by molar-refractivity contribution is 5.92. The summed E-state index contributed by atoms with van der Waals surface area (Å²) in [6.07, 6.45) is 0.817. The van der Waals surface area contributed by atoms with Crippen LogP contribution in [-0.4, -0.2) is 33.4 Å². The molecule has 1 heterocycles. The topological polar surface area (TPSA) is 93.5 Å². The number of nitrogens with one attached hydrogen (secondary N) is 1. The van der Waals surface area contributed by atoms with Gasteiger partial charge in [-0.15, -0.1) is 0 Å². The van der Waals surface area contributed by atoms with Crippen LogP contribution in [0, 0.1) is 13.8 Å². The third-order valence-electron chi connectivity index (χ3n) is 3.94. The van der Waals surface area contributed by atoms with E-state index >= 15 is 0 Å². The molecule has 0 fully saturated rings. The fraction of sp³-hybridized carbons (Fsp3) is 0.389. The van der Waals surface area contributed by atoms with Gasteiger partial charge in [-0.1, -0.05) is 0 Å². The van der Waals surface area contributed by atoms with Crippen LogP contribution in [0.15, 0.2) is 24.3 Å². The summed E-state index contributed by atoms with van der Waals surface area (Å²) in [6.45, 7) is 4.18. The van der Waals surface area contributed by atoms with Gasteiger partial charge in [0.25, 0.3) is 0 Å². The molecule has 0 saturated carbocycles. The number of carboxylic acid groups (broad SMARTS) is 1. The summed E-state index contributed by atoms with van der Waals surface area (Å²) in [5.41, 5.74) is 3.47. The van der Waals surface area contributed by atoms with Crippen LogP contribution in [-0.2, 0) is 23.1 Å². The number of ether oxygens (including phenoxy) is 1. The minimum Gasteiger partial charge on any atom is -0.494 e. The molecular formula is C18H23N3O4. The highest BCUT2D eigenvalue weighted by Crippen LogP contribution is 2.17. The van der Waals surface area contributed by atoms with Gasteiger partial charge in [-0.3, -0.25) is 14.3 Å². The zero-order chi connectivity index (χ0) is 18.4. The van der Waals surface area contributed by atoms with Crippen LogP contribution in [0.4, 0.5) is 5.69 Å². The van der Waals surface area contributed by atoms with Gasteiger partial charge < -0.3 is 15.2 Å². The predicted octanol–water partition coefficient (Wildman–Crippen LogP) is 2.46. The number of rotatable bonds is 8. The Morgan fingerprint density at radius 2 is 1.92 bits per heavy atom. The number of anilines is 1. The first-order chi connectivity index (χ1) is 11.9. The van der Waals surface area contributed by atoms with E-state index in [2.05, 4.69) is 10.4 Å². The number of hydrogen-bond donors (Lipinski definition) is 2. The van der Waals surface area contributed by atoms with E-state index in [1.54, 1.807) is 28.9 Å². The Morgan fingerprint density at radius 3 is 2.48 bits per heavy atom. The van der Waals surface area contributed by atoms with E-state index in [0.29, 0.717) is 24.5 Å². The molecular weight excluding hydrogens is 322 g/mol. The van der Waals surface area contributed by atoms with Gasteiger partial charge in [0.1, 0.15) is 5.75 Å². The van der Waals surface area contributed by atoms with Crippen LogP contribution in [0.2, 0.25) is 0 Å². The van der Waals surface area contributed by atoms with Crippen molar-refractivity contribution in [3.05, 3.63) is 41.2 Å². The van der Waals surface area contributed by atoms with Crippen molar-refractivity contribution in [2.24, 2.45) is 7.05 Å². The van der Waals surface area contributed by atoms with Crippen LogP contribution in [0.1, 0.15) is 29.8 Å². The number of aromatic nitrogens is 2. The smallest absolute Gasteiger partial charge is 0.303 e. The Hall–Kier alpha value is -2.83. The molecule has 7 heteroatoms. The van der Waals surface area contributed by atoms with Crippen LogP contribution in [0.5, 0.6) is 5.75 Å². The molecule has 1 amide bonds. The number of hydrogen-bond acceptors (Lipinski definition) is 4. The molecule has 0 aliphatic heterocycles. The van der Waals surface area contributed by atoms with Crippen molar-refractivity contribution in [1.82, 2.24) is 9.78 Å². The lowest BCUT2D eigenvalue weighted by Crippen LogP contribution is -2.15. The Morgan fingerprint density at radius 1 is 1.24 bits per heavy atom. The van der Waals surface area contributed by atoms with Crippen molar-refractivity contribution in [2.75, 3.05) is 11.9 Å². The van der Waals surface area contributed by atoms with Gasteiger partial charge in [0.05, 0.1) is 18.7 Å². The van der Waals surface area contributed by atoms with Gasteiger partial charge in [-0.25, -0.2) is 0 Å². The molecule has 2 aromatic rings. The summed E-state index contributed by atoms with van der Waals surface area (Å²) in [7, 11) is 1.86. The van der Waals surface area contributed by atoms with Gasteiger partial charge in [0.15, 0.2) is 0 Å². The molecule has 0 atom stereocenters. The van der Waals surface area contributed by atoms with Gasteiger partial charge in [0, 0.05) is 30.4 Å². The molecule has 25 heavy (non-hydrogen) atoms. The monoisotopic (exact) mass is 345 g/mol. The van der Waals surface area contributed by atoms with Crippen LogP contribution in [0.25, 0.3) is 0 Å². The fourth-order valence-electron chi connectivity index (χ4n) is 2.49. The Balaban J connectivity index is 1.86. The number of carbonyl (C=O) groups is 2. The predicted molar refractivity (Wildman–Crippen MR) is 93.8 cm³/mol. The largest absolute Gasteiger partial charge is 0.494 e. The third kappa shape index (κ3) is 5.34. The zero-order valence-electron chi connectivity index (χ0n) is 14.7. The molecule has 0 spiro atoms. The molecule has 7 nitrogen and oxygen atoms in total. The van der Waals surface area contributed by atoms with Crippen molar-refractivity contribution < 1.29 is 19.4 Å². The van der Waals surface area contributed by atoms with Crippen LogP contribution < -0.4 is 10.1 Å². The van der Waals surface area contributed by atoms with E-state index in [9.17, 15) is 9.59 Å². The minimum absolute atomic E-state index is 0.0846. The first-order valence-electron chi connectivity index (χ1n) is 8.10. The first kappa shape index (κ1) is 18.5. The number of carboxylic acids is 1. The molecule has 134 valence electrons. The highest BCUT2D eigenvalue weighted by Gasteiger charge is 2.13. The van der Waals surface area contributed by atoms with Crippen molar-refractivity contribution in [1.29, 1.82) is 0 Å². The third-order valence-corrected chi connectivity index (χ3v) is 3.94. The number of aliphatic carboxylic acids is 1. The molecule has 2 N–H and O–H groups in total. The maximum absolute atomic E-state index is 12.2. The molecule has 0 bridgehead atoms. The molecule has 0 aliphatic rings. The highest BCUT2D eigenvalue weighted by atomic mass is 16.5. The lowest BCUT2D eigenvalue weighted by Gasteiger charge is -2.08. The van der Waals surface area contributed by atoms with Crippen LogP contribution >= 0.6 is 0 Å². The minimum atomic E-state index is -0.833.